The highest BCUT2D eigenvalue weighted by Gasteiger charge is 2.05. The van der Waals surface area contributed by atoms with Crippen molar-refractivity contribution in [1.82, 2.24) is 0 Å². The van der Waals surface area contributed by atoms with Crippen LogP contribution in [0.4, 0.5) is 5.69 Å². The molecule has 2 aromatic rings. The van der Waals surface area contributed by atoms with Crippen LogP contribution in [0.1, 0.15) is 5.56 Å². The van der Waals surface area contributed by atoms with Crippen molar-refractivity contribution in [2.45, 2.75) is 6.61 Å². The molecule has 19 heavy (non-hydrogen) atoms. The number of amides is 1. The van der Waals surface area contributed by atoms with Crippen molar-refractivity contribution in [3.05, 3.63) is 60.2 Å². The van der Waals surface area contributed by atoms with Crippen molar-refractivity contribution in [2.75, 3.05) is 12.2 Å². The van der Waals surface area contributed by atoms with Crippen LogP contribution in [0.2, 0.25) is 0 Å². The quantitative estimate of drug-likeness (QED) is 0.590. The zero-order valence-electron chi connectivity index (χ0n) is 10.7. The summed E-state index contributed by atoms with van der Waals surface area (Å²) in [6, 6.07) is 16.7. The van der Waals surface area contributed by atoms with Gasteiger partial charge in [0.25, 0.3) is 0 Å². The van der Waals surface area contributed by atoms with E-state index in [4.69, 9.17) is 9.57 Å². The maximum absolute atomic E-state index is 11.0. The van der Waals surface area contributed by atoms with Gasteiger partial charge in [-0.15, -0.1) is 0 Å². The van der Waals surface area contributed by atoms with Gasteiger partial charge in [0.05, 0.1) is 12.8 Å². The minimum absolute atomic E-state index is 0.317. The Morgan fingerprint density at radius 2 is 1.74 bits per heavy atom. The fourth-order valence-electron chi connectivity index (χ4n) is 1.61. The SMILES string of the molecule is COc1ccc(CON(C=O)c2ccccc2)cc1. The molecule has 0 aromatic heterocycles. The first kappa shape index (κ1) is 13.1. The lowest BCUT2D eigenvalue weighted by molar-refractivity contribution is -0.114. The fraction of sp³-hybridized carbons (Fsp3) is 0.133. The number of para-hydroxylation sites is 1. The van der Waals surface area contributed by atoms with Crippen LogP contribution < -0.4 is 9.80 Å². The Labute approximate surface area is 112 Å². The van der Waals surface area contributed by atoms with Gasteiger partial charge in [0.15, 0.2) is 0 Å². The van der Waals surface area contributed by atoms with E-state index in [1.54, 1.807) is 7.11 Å². The van der Waals surface area contributed by atoms with Gasteiger partial charge in [-0.3, -0.25) is 9.63 Å². The van der Waals surface area contributed by atoms with Gasteiger partial charge >= 0.3 is 0 Å². The molecule has 2 rings (SSSR count). The normalized spacial score (nSPS) is 9.95. The van der Waals surface area contributed by atoms with Crippen LogP contribution in [0, 0.1) is 0 Å². The topological polar surface area (TPSA) is 38.8 Å². The maximum Gasteiger partial charge on any atom is 0.238 e. The van der Waals surface area contributed by atoms with Crippen molar-refractivity contribution in [1.29, 1.82) is 0 Å². The predicted octanol–water partition coefficient (Wildman–Crippen LogP) is 2.79. The van der Waals surface area contributed by atoms with E-state index >= 15 is 0 Å². The molecule has 0 fully saturated rings. The highest BCUT2D eigenvalue weighted by atomic mass is 16.7. The van der Waals surface area contributed by atoms with Gasteiger partial charge in [-0.25, -0.2) is 0 Å². The van der Waals surface area contributed by atoms with Gasteiger partial charge in [-0.2, -0.15) is 5.06 Å². The molecular formula is C15H15NO3. The standard InChI is InChI=1S/C15H15NO3/c1-18-15-9-7-13(8-10-15)11-19-16(12-17)14-5-3-2-4-6-14/h2-10,12H,11H2,1H3. The zero-order valence-corrected chi connectivity index (χ0v) is 10.7. The number of rotatable bonds is 6. The molecule has 0 heterocycles. The highest BCUT2D eigenvalue weighted by Crippen LogP contribution is 2.15. The lowest BCUT2D eigenvalue weighted by Gasteiger charge is -2.16. The number of carbonyl (C=O) groups is 1. The van der Waals surface area contributed by atoms with Gasteiger partial charge in [-0.1, -0.05) is 30.3 Å². The van der Waals surface area contributed by atoms with Gasteiger partial charge in [0.1, 0.15) is 12.4 Å². The summed E-state index contributed by atoms with van der Waals surface area (Å²) < 4.78 is 5.08. The number of ether oxygens (including phenoxy) is 1. The molecule has 2 aromatic carbocycles. The molecule has 0 saturated carbocycles. The molecule has 0 spiro atoms. The third kappa shape index (κ3) is 3.56. The van der Waals surface area contributed by atoms with Crippen molar-refractivity contribution >= 4 is 12.1 Å². The minimum Gasteiger partial charge on any atom is -0.497 e. The molecule has 4 nitrogen and oxygen atoms in total. The summed E-state index contributed by atoms with van der Waals surface area (Å²) in [6.07, 6.45) is 0.652. The first-order valence-corrected chi connectivity index (χ1v) is 5.89. The number of carbonyl (C=O) groups excluding carboxylic acids is 1. The lowest BCUT2D eigenvalue weighted by atomic mass is 10.2. The average Bonchev–Trinajstić information content (AvgIpc) is 2.49. The van der Waals surface area contributed by atoms with Crippen LogP contribution >= 0.6 is 0 Å². The van der Waals surface area contributed by atoms with E-state index in [1.165, 1.54) is 5.06 Å². The van der Waals surface area contributed by atoms with E-state index in [1.807, 2.05) is 54.6 Å². The maximum atomic E-state index is 11.0. The Bertz CT molecular complexity index is 511. The summed E-state index contributed by atoms with van der Waals surface area (Å²) in [5.74, 6) is 0.791. The van der Waals surface area contributed by atoms with E-state index in [0.29, 0.717) is 18.7 Å². The van der Waals surface area contributed by atoms with Crippen LogP contribution in [-0.2, 0) is 16.2 Å². The third-order valence-corrected chi connectivity index (χ3v) is 2.64. The van der Waals surface area contributed by atoms with Crippen LogP contribution in [0.5, 0.6) is 5.75 Å². The van der Waals surface area contributed by atoms with Crippen molar-refractivity contribution in [3.8, 4) is 5.75 Å². The summed E-state index contributed by atoms with van der Waals surface area (Å²) in [6.45, 7) is 0.317. The zero-order chi connectivity index (χ0) is 13.5. The van der Waals surface area contributed by atoms with E-state index in [0.717, 1.165) is 11.3 Å². The Kier molecular flexibility index (Phi) is 4.53. The summed E-state index contributed by atoms with van der Waals surface area (Å²) in [4.78, 5) is 16.5. The largest absolute Gasteiger partial charge is 0.497 e. The number of anilines is 1. The van der Waals surface area contributed by atoms with Crippen molar-refractivity contribution in [3.63, 3.8) is 0 Å². The summed E-state index contributed by atoms with van der Waals surface area (Å²) in [5, 5.41) is 1.21. The first-order valence-electron chi connectivity index (χ1n) is 5.89. The van der Waals surface area contributed by atoms with Crippen LogP contribution in [0.25, 0.3) is 0 Å². The van der Waals surface area contributed by atoms with E-state index in [-0.39, 0.29) is 0 Å². The number of hydrogen-bond donors (Lipinski definition) is 0. The highest BCUT2D eigenvalue weighted by molar-refractivity contribution is 5.71. The third-order valence-electron chi connectivity index (χ3n) is 2.64. The number of hydroxylamine groups is 1. The molecule has 0 radical (unpaired) electrons. The molecule has 0 N–H and O–H groups in total. The number of nitrogens with zero attached hydrogens (tertiary/aromatic N) is 1. The Hall–Kier alpha value is -2.33. The summed E-state index contributed by atoms with van der Waals surface area (Å²) in [5.41, 5.74) is 1.66. The summed E-state index contributed by atoms with van der Waals surface area (Å²) >= 11 is 0. The summed E-state index contributed by atoms with van der Waals surface area (Å²) in [7, 11) is 1.62. The van der Waals surface area contributed by atoms with Crippen LogP contribution in [0.3, 0.4) is 0 Å². The second-order valence-electron chi connectivity index (χ2n) is 3.89. The Morgan fingerprint density at radius 3 is 2.32 bits per heavy atom. The molecule has 98 valence electrons. The molecule has 1 amide bonds. The first-order chi connectivity index (χ1) is 9.33. The molecule has 0 aliphatic carbocycles. The number of hydrogen-bond acceptors (Lipinski definition) is 3. The average molecular weight is 257 g/mol. The van der Waals surface area contributed by atoms with E-state index < -0.39 is 0 Å². The lowest BCUT2D eigenvalue weighted by Crippen LogP contribution is -2.21. The van der Waals surface area contributed by atoms with Crippen LogP contribution in [0.15, 0.2) is 54.6 Å². The molecule has 0 bridgehead atoms. The number of methoxy groups -OCH3 is 1. The molecule has 0 unspecified atom stereocenters. The minimum atomic E-state index is 0.317. The van der Waals surface area contributed by atoms with Gasteiger partial charge in [0, 0.05) is 0 Å². The molecule has 4 heteroatoms. The second-order valence-corrected chi connectivity index (χ2v) is 3.89. The molecule has 0 atom stereocenters. The van der Waals surface area contributed by atoms with Crippen molar-refractivity contribution < 1.29 is 14.4 Å². The van der Waals surface area contributed by atoms with E-state index in [9.17, 15) is 4.79 Å². The van der Waals surface area contributed by atoms with Crippen molar-refractivity contribution in [2.24, 2.45) is 0 Å². The fourth-order valence-corrected chi connectivity index (χ4v) is 1.61. The number of benzene rings is 2. The monoisotopic (exact) mass is 257 g/mol. The molecule has 0 aliphatic heterocycles. The predicted molar refractivity (Wildman–Crippen MR) is 72.8 cm³/mol. The van der Waals surface area contributed by atoms with Gasteiger partial charge in [-0.05, 0) is 29.8 Å². The molecular weight excluding hydrogens is 242 g/mol. The van der Waals surface area contributed by atoms with Crippen LogP contribution in [-0.4, -0.2) is 13.5 Å². The Morgan fingerprint density at radius 1 is 1.05 bits per heavy atom. The molecule has 0 saturated heterocycles. The van der Waals surface area contributed by atoms with E-state index in [2.05, 4.69) is 0 Å². The Balaban J connectivity index is 1.98. The van der Waals surface area contributed by atoms with Gasteiger partial charge < -0.3 is 4.74 Å². The molecule has 0 aliphatic rings. The van der Waals surface area contributed by atoms with Gasteiger partial charge in [0.2, 0.25) is 6.41 Å². The smallest absolute Gasteiger partial charge is 0.238 e. The second kappa shape index (κ2) is 6.56.